The van der Waals surface area contributed by atoms with Crippen molar-refractivity contribution in [3.63, 3.8) is 0 Å². The molecule has 0 aliphatic carbocycles. The van der Waals surface area contributed by atoms with Crippen molar-refractivity contribution >= 4 is 0 Å². The Balaban J connectivity index is 0.000000196. The number of nitrogens with zero attached hydrogens (tertiary/aromatic N) is 2. The summed E-state index contributed by atoms with van der Waals surface area (Å²) >= 11 is 0. The minimum Gasteiger partial charge on any atom is -0.351 e. The number of aromatic amines is 2. The molecule has 2 rings (SSSR count). The highest BCUT2D eigenvalue weighted by Gasteiger charge is 1.68. The van der Waals surface area contributed by atoms with E-state index in [1.165, 1.54) is 19.3 Å². The van der Waals surface area contributed by atoms with Gasteiger partial charge in [0, 0.05) is 24.8 Å². The van der Waals surface area contributed by atoms with Crippen molar-refractivity contribution in [3.05, 3.63) is 37.4 Å². The highest BCUT2D eigenvalue weighted by atomic mass is 14.8. The summed E-state index contributed by atoms with van der Waals surface area (Å²) in [7, 11) is 0. The summed E-state index contributed by atoms with van der Waals surface area (Å²) in [5.74, 6) is 0. The van der Waals surface area contributed by atoms with Gasteiger partial charge >= 0.3 is 0 Å². The number of nitrogens with one attached hydrogen (secondary N) is 2. The normalized spacial score (nSPS) is 8.13. The smallest absolute Gasteiger partial charge is 0.0919 e. The van der Waals surface area contributed by atoms with Crippen molar-refractivity contribution in [1.29, 1.82) is 0 Å². The molecule has 2 aromatic heterocycles. The first kappa shape index (κ1) is 13.4. The minimum absolute atomic E-state index is 1.34. The second kappa shape index (κ2) is 12.4. The topological polar surface area (TPSA) is 57.4 Å². The van der Waals surface area contributed by atoms with Crippen LogP contribution in [0.2, 0.25) is 0 Å². The van der Waals surface area contributed by atoms with Gasteiger partial charge in [-0.15, -0.1) is 0 Å². The number of imidazole rings is 2. The summed E-state index contributed by atoms with van der Waals surface area (Å²) in [5, 5.41) is 0. The largest absolute Gasteiger partial charge is 0.351 e. The van der Waals surface area contributed by atoms with Gasteiger partial charge in [0.15, 0.2) is 0 Å². The van der Waals surface area contributed by atoms with Gasteiger partial charge in [0.1, 0.15) is 0 Å². The van der Waals surface area contributed by atoms with Gasteiger partial charge in [-0.3, -0.25) is 0 Å². The van der Waals surface area contributed by atoms with Gasteiger partial charge < -0.3 is 9.97 Å². The molecule has 4 heteroatoms. The molecule has 0 aliphatic rings. The number of H-pyrrole nitrogens is 2. The fourth-order valence-corrected chi connectivity index (χ4v) is 0.784. The van der Waals surface area contributed by atoms with Crippen molar-refractivity contribution in [2.24, 2.45) is 0 Å². The van der Waals surface area contributed by atoms with Gasteiger partial charge in [-0.2, -0.15) is 0 Å². The molecule has 0 aromatic carbocycles. The molecule has 84 valence electrons. The van der Waals surface area contributed by atoms with E-state index in [0.717, 1.165) is 0 Å². The van der Waals surface area contributed by atoms with Crippen LogP contribution in [-0.2, 0) is 0 Å². The van der Waals surface area contributed by atoms with Gasteiger partial charge in [-0.05, 0) is 0 Å². The Hall–Kier alpha value is -1.58. The van der Waals surface area contributed by atoms with E-state index in [2.05, 4.69) is 33.8 Å². The molecule has 0 saturated carbocycles. The molecular formula is C11H20N4. The standard InChI is InChI=1S/C5H12.2C3H4N2/c1-3-5-4-2;2*1-2-5-3-4-1/h3-5H2,1-2H3;2*1-3H,(H,4,5). The molecule has 0 aliphatic heterocycles. The van der Waals surface area contributed by atoms with Crippen molar-refractivity contribution in [3.8, 4) is 0 Å². The number of hydrogen-bond acceptors (Lipinski definition) is 2. The van der Waals surface area contributed by atoms with Crippen LogP contribution >= 0.6 is 0 Å². The summed E-state index contributed by atoms with van der Waals surface area (Å²) in [6, 6.07) is 0. The summed E-state index contributed by atoms with van der Waals surface area (Å²) in [6.45, 7) is 4.42. The first-order chi connectivity index (χ1) is 7.41. The SMILES string of the molecule is CCCCC.c1c[nH]cn1.c1c[nH]cn1. The molecule has 15 heavy (non-hydrogen) atoms. The molecule has 4 nitrogen and oxygen atoms in total. The van der Waals surface area contributed by atoms with E-state index in [9.17, 15) is 0 Å². The van der Waals surface area contributed by atoms with Crippen LogP contribution < -0.4 is 0 Å². The molecule has 0 radical (unpaired) electrons. The fraction of sp³-hybridized carbons (Fsp3) is 0.455. The second-order valence-electron chi connectivity index (χ2n) is 2.87. The van der Waals surface area contributed by atoms with Crippen LogP contribution in [0.25, 0.3) is 0 Å². The summed E-state index contributed by atoms with van der Waals surface area (Å²) < 4.78 is 0. The van der Waals surface area contributed by atoms with Crippen LogP contribution in [0.4, 0.5) is 0 Å². The van der Waals surface area contributed by atoms with Crippen molar-refractivity contribution in [2.45, 2.75) is 33.1 Å². The van der Waals surface area contributed by atoms with E-state index in [0.29, 0.717) is 0 Å². The van der Waals surface area contributed by atoms with Crippen LogP contribution in [-0.4, -0.2) is 19.9 Å². The van der Waals surface area contributed by atoms with Crippen LogP contribution in [0.3, 0.4) is 0 Å². The molecule has 2 aromatic rings. The monoisotopic (exact) mass is 208 g/mol. The highest BCUT2D eigenvalue weighted by molar-refractivity contribution is 4.65. The average Bonchev–Trinajstić information content (AvgIpc) is 2.99. The lowest BCUT2D eigenvalue weighted by Gasteiger charge is -1.79. The Labute approximate surface area is 91.2 Å². The zero-order chi connectivity index (χ0) is 11.2. The van der Waals surface area contributed by atoms with Crippen LogP contribution in [0, 0.1) is 0 Å². The van der Waals surface area contributed by atoms with E-state index >= 15 is 0 Å². The predicted octanol–water partition coefficient (Wildman–Crippen LogP) is 3.02. The highest BCUT2D eigenvalue weighted by Crippen LogP contribution is 1.88. The van der Waals surface area contributed by atoms with Crippen molar-refractivity contribution < 1.29 is 0 Å². The number of unbranched alkanes of at least 4 members (excludes halogenated alkanes) is 2. The quantitative estimate of drug-likeness (QED) is 0.797. The van der Waals surface area contributed by atoms with E-state index in [1.54, 1.807) is 37.4 Å². The van der Waals surface area contributed by atoms with Crippen molar-refractivity contribution in [1.82, 2.24) is 19.9 Å². The van der Waals surface area contributed by atoms with Gasteiger partial charge in [0.2, 0.25) is 0 Å². The number of rotatable bonds is 2. The molecule has 2 N–H and O–H groups in total. The van der Waals surface area contributed by atoms with Crippen molar-refractivity contribution in [2.75, 3.05) is 0 Å². The van der Waals surface area contributed by atoms with E-state index < -0.39 is 0 Å². The first-order valence-electron chi connectivity index (χ1n) is 5.27. The zero-order valence-corrected chi connectivity index (χ0v) is 9.48. The molecule has 0 fully saturated rings. The third-order valence-electron chi connectivity index (χ3n) is 1.52. The molecular weight excluding hydrogens is 188 g/mol. The maximum absolute atomic E-state index is 3.67. The van der Waals surface area contributed by atoms with Crippen LogP contribution in [0.5, 0.6) is 0 Å². The van der Waals surface area contributed by atoms with Crippen LogP contribution in [0.1, 0.15) is 33.1 Å². The maximum atomic E-state index is 3.67. The maximum Gasteiger partial charge on any atom is 0.0919 e. The molecule has 0 unspecified atom stereocenters. The Bertz CT molecular complexity index is 187. The Morgan fingerprint density at radius 2 is 1.33 bits per heavy atom. The van der Waals surface area contributed by atoms with Crippen LogP contribution in [0.15, 0.2) is 37.4 Å². The second-order valence-corrected chi connectivity index (χ2v) is 2.87. The zero-order valence-electron chi connectivity index (χ0n) is 9.48. The van der Waals surface area contributed by atoms with E-state index in [1.807, 2.05) is 0 Å². The van der Waals surface area contributed by atoms with Gasteiger partial charge in [-0.1, -0.05) is 33.1 Å². The van der Waals surface area contributed by atoms with E-state index in [4.69, 9.17) is 0 Å². The molecule has 0 saturated heterocycles. The Kier molecular flexibility index (Phi) is 11.1. The summed E-state index contributed by atoms with van der Waals surface area (Å²) in [6.07, 6.45) is 14.2. The first-order valence-corrected chi connectivity index (χ1v) is 5.27. The minimum atomic E-state index is 1.34. The molecule has 0 spiro atoms. The summed E-state index contributed by atoms with van der Waals surface area (Å²) in [4.78, 5) is 12.8. The lowest BCUT2D eigenvalue weighted by Crippen LogP contribution is -1.59. The predicted molar refractivity (Wildman–Crippen MR) is 62.4 cm³/mol. The van der Waals surface area contributed by atoms with E-state index in [-0.39, 0.29) is 0 Å². The third-order valence-corrected chi connectivity index (χ3v) is 1.52. The Morgan fingerprint density at radius 1 is 0.867 bits per heavy atom. The molecule has 0 atom stereocenters. The molecule has 0 amide bonds. The number of aromatic nitrogens is 4. The Morgan fingerprint density at radius 3 is 1.40 bits per heavy atom. The third kappa shape index (κ3) is 12.4. The van der Waals surface area contributed by atoms with Gasteiger partial charge in [-0.25, -0.2) is 9.97 Å². The fourth-order valence-electron chi connectivity index (χ4n) is 0.784. The van der Waals surface area contributed by atoms with Gasteiger partial charge in [0.05, 0.1) is 12.7 Å². The van der Waals surface area contributed by atoms with Gasteiger partial charge in [0.25, 0.3) is 0 Å². The molecule has 0 bridgehead atoms. The summed E-state index contributed by atoms with van der Waals surface area (Å²) in [5.41, 5.74) is 0. The molecule has 2 heterocycles. The average molecular weight is 208 g/mol. The lowest BCUT2D eigenvalue weighted by atomic mass is 10.3. The number of hydrogen-bond donors (Lipinski definition) is 2. The lowest BCUT2D eigenvalue weighted by molar-refractivity contribution is 0.772.